The van der Waals surface area contributed by atoms with Gasteiger partial charge < -0.3 is 10.1 Å². The third-order valence-electron chi connectivity index (χ3n) is 2.96. The van der Waals surface area contributed by atoms with E-state index in [0.29, 0.717) is 12.4 Å². The van der Waals surface area contributed by atoms with E-state index in [-0.39, 0.29) is 15.7 Å². The van der Waals surface area contributed by atoms with Crippen LogP contribution >= 0.6 is 11.8 Å². The molecule has 0 spiro atoms. The SMILES string of the molecule is CCn1c(C)nc([N+](=O)[O-])c1Sc1cccc(C(F)(F)F)c1. The summed E-state index contributed by atoms with van der Waals surface area (Å²) in [6, 6.07) is 4.68. The minimum absolute atomic E-state index is 0.226. The molecule has 0 unspecified atom stereocenters. The van der Waals surface area contributed by atoms with Crippen molar-refractivity contribution >= 4 is 17.6 Å². The molecule has 22 heavy (non-hydrogen) atoms. The molecule has 0 aliphatic rings. The van der Waals surface area contributed by atoms with Crippen LogP contribution in [0.3, 0.4) is 0 Å². The summed E-state index contributed by atoms with van der Waals surface area (Å²) in [5.41, 5.74) is -0.792. The summed E-state index contributed by atoms with van der Waals surface area (Å²) in [5, 5.41) is 11.3. The van der Waals surface area contributed by atoms with Crippen molar-refractivity contribution in [2.24, 2.45) is 0 Å². The highest BCUT2D eigenvalue weighted by Crippen LogP contribution is 2.38. The Morgan fingerprint density at radius 1 is 1.41 bits per heavy atom. The summed E-state index contributed by atoms with van der Waals surface area (Å²) in [6.45, 7) is 3.84. The number of hydrogen-bond acceptors (Lipinski definition) is 4. The van der Waals surface area contributed by atoms with Crippen molar-refractivity contribution in [2.75, 3.05) is 0 Å². The van der Waals surface area contributed by atoms with Crippen LogP contribution in [0.1, 0.15) is 18.3 Å². The van der Waals surface area contributed by atoms with Crippen LogP contribution in [0, 0.1) is 17.0 Å². The predicted octanol–water partition coefficient (Wildman–Crippen LogP) is 4.29. The number of benzene rings is 1. The summed E-state index contributed by atoms with van der Waals surface area (Å²) in [6.07, 6.45) is -4.45. The fourth-order valence-electron chi connectivity index (χ4n) is 1.97. The summed E-state index contributed by atoms with van der Waals surface area (Å²) >= 11 is 0.904. The fourth-order valence-corrected chi connectivity index (χ4v) is 3.11. The Hall–Kier alpha value is -2.03. The number of aromatic nitrogens is 2. The van der Waals surface area contributed by atoms with Crippen molar-refractivity contribution in [3.05, 3.63) is 45.8 Å². The maximum absolute atomic E-state index is 12.7. The van der Waals surface area contributed by atoms with Gasteiger partial charge in [0.1, 0.15) is 0 Å². The Bertz CT molecular complexity index is 713. The number of nitrogens with zero attached hydrogens (tertiary/aromatic N) is 3. The average molecular weight is 331 g/mol. The van der Waals surface area contributed by atoms with Gasteiger partial charge in [0.2, 0.25) is 5.82 Å². The second kappa shape index (κ2) is 5.99. The van der Waals surface area contributed by atoms with Crippen molar-refractivity contribution in [1.82, 2.24) is 9.55 Å². The molecule has 0 radical (unpaired) electrons. The van der Waals surface area contributed by atoms with E-state index in [4.69, 9.17) is 0 Å². The highest BCUT2D eigenvalue weighted by atomic mass is 32.2. The molecule has 0 bridgehead atoms. The number of halogens is 3. The summed E-state index contributed by atoms with van der Waals surface area (Å²) in [5.74, 6) is 0.102. The zero-order chi connectivity index (χ0) is 16.5. The van der Waals surface area contributed by atoms with Gasteiger partial charge in [0.15, 0.2) is 5.03 Å². The molecular formula is C13H12F3N3O2S. The van der Waals surface area contributed by atoms with Gasteiger partial charge in [0, 0.05) is 18.4 Å². The van der Waals surface area contributed by atoms with Gasteiger partial charge >= 0.3 is 12.0 Å². The van der Waals surface area contributed by atoms with Crippen molar-refractivity contribution in [2.45, 2.75) is 36.5 Å². The number of rotatable bonds is 4. The standard InChI is InChI=1S/C13H12F3N3O2S/c1-3-18-8(2)17-11(19(20)21)12(18)22-10-6-4-5-9(7-10)13(14,15)16/h4-7H,3H2,1-2H3. The number of aryl methyl sites for hydroxylation is 1. The molecule has 2 aromatic rings. The molecule has 118 valence electrons. The van der Waals surface area contributed by atoms with Crippen LogP contribution in [0.4, 0.5) is 19.0 Å². The fraction of sp³-hybridized carbons (Fsp3) is 0.308. The van der Waals surface area contributed by atoms with Crippen LogP contribution in [-0.2, 0) is 12.7 Å². The van der Waals surface area contributed by atoms with Gasteiger partial charge in [-0.3, -0.25) is 4.57 Å². The van der Waals surface area contributed by atoms with Crippen LogP contribution in [0.15, 0.2) is 34.2 Å². The van der Waals surface area contributed by atoms with Crippen LogP contribution in [0.2, 0.25) is 0 Å². The molecule has 5 nitrogen and oxygen atoms in total. The Morgan fingerprint density at radius 2 is 2.09 bits per heavy atom. The lowest BCUT2D eigenvalue weighted by Crippen LogP contribution is -2.04. The summed E-state index contributed by atoms with van der Waals surface area (Å²) < 4.78 is 39.8. The maximum Gasteiger partial charge on any atom is 0.416 e. The van der Waals surface area contributed by atoms with Crippen LogP contribution < -0.4 is 0 Å². The highest BCUT2D eigenvalue weighted by Gasteiger charge is 2.31. The highest BCUT2D eigenvalue weighted by molar-refractivity contribution is 7.99. The molecule has 0 atom stereocenters. The molecular weight excluding hydrogens is 319 g/mol. The van der Waals surface area contributed by atoms with Crippen LogP contribution in [0.25, 0.3) is 0 Å². The molecule has 0 saturated carbocycles. The molecule has 0 fully saturated rings. The summed E-state index contributed by atoms with van der Waals surface area (Å²) in [7, 11) is 0. The Morgan fingerprint density at radius 3 is 2.64 bits per heavy atom. The van der Waals surface area contributed by atoms with E-state index < -0.39 is 16.7 Å². The van der Waals surface area contributed by atoms with Gasteiger partial charge in [-0.1, -0.05) is 17.8 Å². The van der Waals surface area contributed by atoms with E-state index in [1.165, 1.54) is 12.1 Å². The number of hydrogen-bond donors (Lipinski definition) is 0. The van der Waals surface area contributed by atoms with E-state index in [9.17, 15) is 23.3 Å². The second-order valence-corrected chi connectivity index (χ2v) is 5.48. The minimum atomic E-state index is -4.45. The third kappa shape index (κ3) is 3.24. The molecule has 0 N–H and O–H groups in total. The zero-order valence-corrected chi connectivity index (χ0v) is 12.5. The predicted molar refractivity (Wildman–Crippen MR) is 74.9 cm³/mol. The van der Waals surface area contributed by atoms with E-state index in [0.717, 1.165) is 23.9 Å². The van der Waals surface area contributed by atoms with Crippen molar-refractivity contribution in [1.29, 1.82) is 0 Å². The number of imidazole rings is 1. The average Bonchev–Trinajstić information content (AvgIpc) is 2.74. The molecule has 0 aliphatic heterocycles. The zero-order valence-electron chi connectivity index (χ0n) is 11.7. The first kappa shape index (κ1) is 16.3. The maximum atomic E-state index is 12.7. The van der Waals surface area contributed by atoms with E-state index in [2.05, 4.69) is 4.98 Å². The molecule has 1 aromatic heterocycles. The molecule has 1 heterocycles. The Balaban J connectivity index is 2.45. The smallest absolute Gasteiger partial charge is 0.358 e. The van der Waals surface area contributed by atoms with Gasteiger partial charge in [-0.25, -0.2) is 0 Å². The van der Waals surface area contributed by atoms with E-state index in [1.807, 2.05) is 0 Å². The van der Waals surface area contributed by atoms with Crippen LogP contribution in [0.5, 0.6) is 0 Å². The molecule has 9 heteroatoms. The number of nitro groups is 1. The lowest BCUT2D eigenvalue weighted by atomic mass is 10.2. The van der Waals surface area contributed by atoms with Crippen LogP contribution in [-0.4, -0.2) is 14.5 Å². The van der Waals surface area contributed by atoms with Gasteiger partial charge in [0.05, 0.1) is 5.56 Å². The first-order valence-electron chi connectivity index (χ1n) is 6.30. The van der Waals surface area contributed by atoms with E-state index >= 15 is 0 Å². The Kier molecular flexibility index (Phi) is 4.45. The first-order chi connectivity index (χ1) is 10.2. The van der Waals surface area contributed by atoms with Gasteiger partial charge in [-0.2, -0.15) is 13.2 Å². The molecule has 0 amide bonds. The second-order valence-electron chi connectivity index (χ2n) is 4.42. The van der Waals surface area contributed by atoms with Gasteiger partial charge in [-0.05, 0) is 35.0 Å². The van der Waals surface area contributed by atoms with Crippen molar-refractivity contribution < 1.29 is 18.1 Å². The largest absolute Gasteiger partial charge is 0.416 e. The lowest BCUT2D eigenvalue weighted by Gasteiger charge is -2.09. The molecule has 0 saturated heterocycles. The van der Waals surface area contributed by atoms with Crippen molar-refractivity contribution in [3.8, 4) is 0 Å². The number of alkyl halides is 3. The summed E-state index contributed by atoms with van der Waals surface area (Å²) in [4.78, 5) is 14.6. The Labute approximate surface area is 128 Å². The molecule has 2 rings (SSSR count). The van der Waals surface area contributed by atoms with Crippen molar-refractivity contribution in [3.63, 3.8) is 0 Å². The molecule has 0 aliphatic carbocycles. The third-order valence-corrected chi connectivity index (χ3v) is 4.05. The van der Waals surface area contributed by atoms with E-state index in [1.54, 1.807) is 18.4 Å². The lowest BCUT2D eigenvalue weighted by molar-refractivity contribution is -0.392. The first-order valence-corrected chi connectivity index (χ1v) is 7.12. The van der Waals surface area contributed by atoms with Gasteiger partial charge in [0.25, 0.3) is 0 Å². The molecule has 1 aromatic carbocycles. The topological polar surface area (TPSA) is 61.0 Å². The normalized spacial score (nSPS) is 11.7. The minimum Gasteiger partial charge on any atom is -0.358 e. The monoisotopic (exact) mass is 331 g/mol. The quantitative estimate of drug-likeness (QED) is 0.619. The van der Waals surface area contributed by atoms with Gasteiger partial charge in [-0.15, -0.1) is 0 Å².